The number of hydrogen-bond acceptors (Lipinski definition) is 4. The van der Waals surface area contributed by atoms with Gasteiger partial charge in [0.15, 0.2) is 6.29 Å². The van der Waals surface area contributed by atoms with Crippen molar-refractivity contribution in [1.29, 1.82) is 0 Å². The van der Waals surface area contributed by atoms with Gasteiger partial charge in [0.2, 0.25) is 0 Å². The second-order valence-corrected chi connectivity index (χ2v) is 4.59. The number of aliphatic hydroxyl groups excluding tert-OH is 1. The number of carbonyl (C=O) groups excluding carboxylic acids is 1. The first-order valence-electron chi connectivity index (χ1n) is 6.63. The van der Waals surface area contributed by atoms with Crippen LogP contribution in [-0.4, -0.2) is 29.5 Å². The van der Waals surface area contributed by atoms with Gasteiger partial charge in [-0.15, -0.1) is 0 Å². The van der Waals surface area contributed by atoms with Crippen molar-refractivity contribution in [3.63, 3.8) is 0 Å². The van der Waals surface area contributed by atoms with E-state index in [1.807, 2.05) is 36.4 Å². The number of hydrogen-bond donors (Lipinski definition) is 2. The first-order chi connectivity index (χ1) is 9.79. The van der Waals surface area contributed by atoms with Crippen LogP contribution in [-0.2, 0) is 6.42 Å². The van der Waals surface area contributed by atoms with Crippen LogP contribution in [0.3, 0.4) is 0 Å². The van der Waals surface area contributed by atoms with Crippen LogP contribution in [0.15, 0.2) is 48.7 Å². The average molecular weight is 270 g/mol. The lowest BCUT2D eigenvalue weighted by atomic mass is 10.1. The lowest BCUT2D eigenvalue weighted by Crippen LogP contribution is -2.23. The van der Waals surface area contributed by atoms with E-state index in [-0.39, 0.29) is 0 Å². The van der Waals surface area contributed by atoms with E-state index in [1.54, 1.807) is 12.3 Å². The molecule has 0 saturated heterocycles. The maximum Gasteiger partial charge on any atom is 0.168 e. The third-order valence-electron chi connectivity index (χ3n) is 3.08. The van der Waals surface area contributed by atoms with E-state index in [9.17, 15) is 9.90 Å². The quantitative estimate of drug-likeness (QED) is 0.594. The Kier molecular flexibility index (Phi) is 5.41. The van der Waals surface area contributed by atoms with Crippen molar-refractivity contribution in [1.82, 2.24) is 10.3 Å². The van der Waals surface area contributed by atoms with Gasteiger partial charge in [0.1, 0.15) is 5.69 Å². The topological polar surface area (TPSA) is 62.2 Å². The normalized spacial score (nSPS) is 12.1. The summed E-state index contributed by atoms with van der Waals surface area (Å²) >= 11 is 0. The highest BCUT2D eigenvalue weighted by Crippen LogP contribution is 2.10. The predicted octanol–water partition coefficient (Wildman–Crippen LogP) is 1.76. The number of nitrogens with zero attached hydrogens (tertiary/aromatic N) is 1. The van der Waals surface area contributed by atoms with Crippen molar-refractivity contribution >= 4 is 6.29 Å². The molecule has 0 aliphatic heterocycles. The summed E-state index contributed by atoms with van der Waals surface area (Å²) in [5.74, 6) is 0. The minimum atomic E-state index is -0.494. The molecule has 0 aliphatic rings. The van der Waals surface area contributed by atoms with Crippen molar-refractivity contribution in [3.8, 4) is 0 Å². The zero-order valence-corrected chi connectivity index (χ0v) is 11.2. The molecule has 2 aromatic rings. The molecule has 1 aromatic carbocycles. The fourth-order valence-corrected chi connectivity index (χ4v) is 1.92. The van der Waals surface area contributed by atoms with Crippen molar-refractivity contribution < 1.29 is 9.90 Å². The summed E-state index contributed by atoms with van der Waals surface area (Å²) in [7, 11) is 0. The molecular weight excluding hydrogens is 252 g/mol. The van der Waals surface area contributed by atoms with Crippen LogP contribution in [0.1, 0.15) is 27.7 Å². The summed E-state index contributed by atoms with van der Waals surface area (Å²) in [6.45, 7) is 1.27. The standard InChI is InChI=1S/C16H18N2O2/c19-12-15-7-6-13(10-18-15)8-9-17-11-16(20)14-4-2-1-3-5-14/h1-7,10,12,16-17,20H,8-9,11H2. The maximum atomic E-state index is 10.5. The van der Waals surface area contributed by atoms with Crippen LogP contribution in [0.5, 0.6) is 0 Å². The van der Waals surface area contributed by atoms with Gasteiger partial charge in [0.05, 0.1) is 6.10 Å². The maximum absolute atomic E-state index is 10.5. The van der Waals surface area contributed by atoms with Gasteiger partial charge in [-0.25, -0.2) is 0 Å². The summed E-state index contributed by atoms with van der Waals surface area (Å²) in [4.78, 5) is 14.5. The van der Waals surface area contributed by atoms with E-state index in [0.29, 0.717) is 12.2 Å². The molecule has 4 nitrogen and oxygen atoms in total. The van der Waals surface area contributed by atoms with E-state index >= 15 is 0 Å². The molecule has 0 spiro atoms. The monoisotopic (exact) mass is 270 g/mol. The number of aldehydes is 1. The molecule has 1 unspecified atom stereocenters. The van der Waals surface area contributed by atoms with Crippen LogP contribution in [0.25, 0.3) is 0 Å². The second-order valence-electron chi connectivity index (χ2n) is 4.59. The Balaban J connectivity index is 1.72. The van der Waals surface area contributed by atoms with Crippen LogP contribution in [0.4, 0.5) is 0 Å². The highest BCUT2D eigenvalue weighted by molar-refractivity contribution is 5.71. The van der Waals surface area contributed by atoms with Crippen molar-refractivity contribution in [3.05, 3.63) is 65.5 Å². The van der Waals surface area contributed by atoms with Gasteiger partial charge in [0, 0.05) is 12.7 Å². The molecule has 0 bridgehead atoms. The number of rotatable bonds is 7. The van der Waals surface area contributed by atoms with Crippen molar-refractivity contribution in [2.75, 3.05) is 13.1 Å². The fraction of sp³-hybridized carbons (Fsp3) is 0.250. The van der Waals surface area contributed by atoms with E-state index < -0.39 is 6.10 Å². The number of aromatic nitrogens is 1. The minimum absolute atomic E-state index is 0.446. The largest absolute Gasteiger partial charge is 0.387 e. The van der Waals surface area contributed by atoms with Gasteiger partial charge in [-0.2, -0.15) is 0 Å². The van der Waals surface area contributed by atoms with Crippen LogP contribution < -0.4 is 5.32 Å². The molecule has 20 heavy (non-hydrogen) atoms. The molecule has 1 atom stereocenters. The Bertz CT molecular complexity index is 526. The Hall–Kier alpha value is -2.04. The van der Waals surface area contributed by atoms with Gasteiger partial charge in [-0.3, -0.25) is 9.78 Å². The molecule has 4 heteroatoms. The van der Waals surface area contributed by atoms with Crippen LogP contribution in [0.2, 0.25) is 0 Å². The Morgan fingerprint density at radius 2 is 2.00 bits per heavy atom. The van der Waals surface area contributed by atoms with E-state index in [2.05, 4.69) is 10.3 Å². The lowest BCUT2D eigenvalue weighted by Gasteiger charge is -2.12. The highest BCUT2D eigenvalue weighted by Gasteiger charge is 2.05. The number of aliphatic hydroxyl groups is 1. The van der Waals surface area contributed by atoms with Crippen LogP contribution >= 0.6 is 0 Å². The summed E-state index contributed by atoms with van der Waals surface area (Å²) in [5.41, 5.74) is 2.43. The molecule has 1 heterocycles. The molecule has 2 N–H and O–H groups in total. The third kappa shape index (κ3) is 4.26. The van der Waals surface area contributed by atoms with Crippen molar-refractivity contribution in [2.45, 2.75) is 12.5 Å². The number of pyridine rings is 1. The zero-order valence-electron chi connectivity index (χ0n) is 11.2. The number of carbonyl (C=O) groups is 1. The molecule has 0 amide bonds. The minimum Gasteiger partial charge on any atom is -0.387 e. The molecule has 0 radical (unpaired) electrons. The molecule has 0 fully saturated rings. The first-order valence-corrected chi connectivity index (χ1v) is 6.63. The zero-order chi connectivity index (χ0) is 14.2. The predicted molar refractivity (Wildman–Crippen MR) is 77.6 cm³/mol. The SMILES string of the molecule is O=Cc1ccc(CCNCC(O)c2ccccc2)cn1. The lowest BCUT2D eigenvalue weighted by molar-refractivity contribution is 0.111. The Morgan fingerprint density at radius 3 is 2.65 bits per heavy atom. The number of nitrogens with one attached hydrogen (secondary N) is 1. The molecule has 2 rings (SSSR count). The van der Waals surface area contributed by atoms with E-state index in [1.165, 1.54) is 0 Å². The molecule has 104 valence electrons. The third-order valence-corrected chi connectivity index (χ3v) is 3.08. The highest BCUT2D eigenvalue weighted by atomic mass is 16.3. The molecule has 1 aromatic heterocycles. The summed E-state index contributed by atoms with van der Waals surface area (Å²) < 4.78 is 0. The van der Waals surface area contributed by atoms with Gasteiger partial charge >= 0.3 is 0 Å². The average Bonchev–Trinajstić information content (AvgIpc) is 2.53. The van der Waals surface area contributed by atoms with Gasteiger partial charge < -0.3 is 10.4 Å². The van der Waals surface area contributed by atoms with Crippen LogP contribution in [0, 0.1) is 0 Å². The molecular formula is C16H18N2O2. The summed E-state index contributed by atoms with van der Waals surface area (Å²) in [6.07, 6.45) is 2.76. The summed E-state index contributed by atoms with van der Waals surface area (Å²) in [5, 5.41) is 13.2. The number of benzene rings is 1. The van der Waals surface area contributed by atoms with E-state index in [0.717, 1.165) is 30.4 Å². The van der Waals surface area contributed by atoms with Gasteiger partial charge in [-0.1, -0.05) is 36.4 Å². The second kappa shape index (κ2) is 7.53. The van der Waals surface area contributed by atoms with Gasteiger partial charge in [0.25, 0.3) is 0 Å². The van der Waals surface area contributed by atoms with E-state index in [4.69, 9.17) is 0 Å². The van der Waals surface area contributed by atoms with Crippen molar-refractivity contribution in [2.24, 2.45) is 0 Å². The summed E-state index contributed by atoms with van der Waals surface area (Å²) in [6, 6.07) is 13.2. The molecule has 0 saturated carbocycles. The molecule has 0 aliphatic carbocycles. The smallest absolute Gasteiger partial charge is 0.168 e. The first kappa shape index (κ1) is 14.4. The Morgan fingerprint density at radius 1 is 1.20 bits per heavy atom. The van der Waals surface area contributed by atoms with Gasteiger partial charge in [-0.05, 0) is 30.2 Å². The fourth-order valence-electron chi connectivity index (χ4n) is 1.92. The Labute approximate surface area is 118 Å².